The van der Waals surface area contributed by atoms with Gasteiger partial charge >= 0.3 is 0 Å². The van der Waals surface area contributed by atoms with E-state index in [2.05, 4.69) is 43.3 Å². The lowest BCUT2D eigenvalue weighted by Crippen LogP contribution is -1.83. The highest BCUT2D eigenvalue weighted by Gasteiger charge is 1.92. The minimum Gasteiger partial charge on any atom is -0.198 e. The van der Waals surface area contributed by atoms with Crippen LogP contribution in [0, 0.1) is 11.3 Å². The van der Waals surface area contributed by atoms with Gasteiger partial charge in [0.15, 0.2) is 0 Å². The van der Waals surface area contributed by atoms with E-state index in [0.717, 1.165) is 12.8 Å². The van der Waals surface area contributed by atoms with E-state index in [9.17, 15) is 0 Å². The van der Waals surface area contributed by atoms with Gasteiger partial charge < -0.3 is 0 Å². The molecule has 0 amide bonds. The van der Waals surface area contributed by atoms with Gasteiger partial charge in [-0.15, -0.1) is 0 Å². The summed E-state index contributed by atoms with van der Waals surface area (Å²) in [6.07, 6.45) is 7.02. The molecule has 1 rings (SSSR count). The van der Waals surface area contributed by atoms with Crippen molar-refractivity contribution in [3.05, 3.63) is 41.5 Å². The van der Waals surface area contributed by atoms with E-state index in [1.165, 1.54) is 11.1 Å². The van der Waals surface area contributed by atoms with Crippen LogP contribution < -0.4 is 0 Å². The summed E-state index contributed by atoms with van der Waals surface area (Å²) >= 11 is 0. The first-order valence-corrected chi connectivity index (χ1v) is 5.87. The summed E-state index contributed by atoms with van der Waals surface area (Å²) in [4.78, 5) is 0. The first-order chi connectivity index (χ1) is 7.79. The van der Waals surface area contributed by atoms with Crippen molar-refractivity contribution in [3.63, 3.8) is 0 Å². The molecule has 1 aromatic rings. The Labute approximate surface area is 99.4 Å². The van der Waals surface area contributed by atoms with E-state index in [4.69, 9.17) is 5.26 Å². The molecule has 0 unspecified atom stereocenters. The highest BCUT2D eigenvalue weighted by atomic mass is 14.2. The molecule has 86 valence electrons. The number of allylic oxidation sites excluding steroid dienone is 1. The van der Waals surface area contributed by atoms with Crippen molar-refractivity contribution in [2.45, 2.75) is 40.0 Å². The van der Waals surface area contributed by atoms with Crippen LogP contribution in [-0.4, -0.2) is 0 Å². The Bertz CT molecular complexity index is 345. The maximum atomic E-state index is 7.82. The van der Waals surface area contributed by atoms with E-state index in [1.807, 2.05) is 19.9 Å². The SMILES string of the molecule is C/C=C\c1ccccc1CC.CCCC#N. The Balaban J connectivity index is 0.000000385. The molecular formula is C15H21N. The second kappa shape index (κ2) is 9.98. The largest absolute Gasteiger partial charge is 0.198 e. The number of aryl methyl sites for hydroxylation is 1. The maximum absolute atomic E-state index is 7.82. The van der Waals surface area contributed by atoms with Crippen LogP contribution in [0.15, 0.2) is 30.3 Å². The van der Waals surface area contributed by atoms with Gasteiger partial charge in [-0.05, 0) is 30.9 Å². The Hall–Kier alpha value is -1.55. The highest BCUT2D eigenvalue weighted by molar-refractivity contribution is 5.53. The molecule has 0 aliphatic carbocycles. The number of nitriles is 1. The highest BCUT2D eigenvalue weighted by Crippen LogP contribution is 2.10. The van der Waals surface area contributed by atoms with Gasteiger partial charge in [-0.2, -0.15) is 5.26 Å². The molecule has 0 spiro atoms. The number of nitrogens with zero attached hydrogens (tertiary/aromatic N) is 1. The van der Waals surface area contributed by atoms with Gasteiger partial charge in [0.05, 0.1) is 6.07 Å². The van der Waals surface area contributed by atoms with Gasteiger partial charge in [-0.25, -0.2) is 0 Å². The summed E-state index contributed by atoms with van der Waals surface area (Å²) in [6.45, 7) is 6.22. The lowest BCUT2D eigenvalue weighted by atomic mass is 10.1. The van der Waals surface area contributed by atoms with Crippen LogP contribution in [0.1, 0.15) is 44.7 Å². The zero-order valence-corrected chi connectivity index (χ0v) is 10.5. The molecule has 0 aromatic heterocycles. The van der Waals surface area contributed by atoms with Gasteiger partial charge in [-0.1, -0.05) is 50.3 Å². The van der Waals surface area contributed by atoms with Crippen molar-refractivity contribution < 1.29 is 0 Å². The average Bonchev–Trinajstić information content (AvgIpc) is 2.32. The average molecular weight is 215 g/mol. The van der Waals surface area contributed by atoms with Gasteiger partial charge in [0, 0.05) is 6.42 Å². The normalized spacial score (nSPS) is 9.38. The lowest BCUT2D eigenvalue weighted by molar-refractivity contribution is 0.969. The third kappa shape index (κ3) is 6.03. The molecule has 0 heterocycles. The quantitative estimate of drug-likeness (QED) is 0.723. The minimum atomic E-state index is 0.694. The van der Waals surface area contributed by atoms with Gasteiger partial charge in [0.25, 0.3) is 0 Å². The predicted molar refractivity (Wildman–Crippen MR) is 71.0 cm³/mol. The molecule has 0 saturated heterocycles. The molecule has 1 nitrogen and oxygen atoms in total. The number of hydrogen-bond donors (Lipinski definition) is 0. The summed E-state index contributed by atoms with van der Waals surface area (Å²) in [7, 11) is 0. The molecule has 0 aliphatic heterocycles. The van der Waals surface area contributed by atoms with Crippen molar-refractivity contribution in [3.8, 4) is 6.07 Å². The van der Waals surface area contributed by atoms with Crippen molar-refractivity contribution >= 4 is 6.08 Å². The summed E-state index contributed by atoms with van der Waals surface area (Å²) in [5.41, 5.74) is 2.77. The van der Waals surface area contributed by atoms with Gasteiger partial charge in [0.1, 0.15) is 0 Å². The van der Waals surface area contributed by atoms with E-state index in [0.29, 0.717) is 6.42 Å². The Morgan fingerprint density at radius 3 is 2.38 bits per heavy atom. The standard InChI is InChI=1S/C11H14.C4H7N/c1-3-7-11-9-6-5-8-10(11)4-2;1-2-3-4-5/h3,5-9H,4H2,1-2H3;2-3H2,1H3/b7-3-;. The molecule has 1 heteroatoms. The van der Waals surface area contributed by atoms with Crippen molar-refractivity contribution in [1.82, 2.24) is 0 Å². The van der Waals surface area contributed by atoms with Crippen LogP contribution in [0.3, 0.4) is 0 Å². The van der Waals surface area contributed by atoms with Crippen molar-refractivity contribution in [1.29, 1.82) is 5.26 Å². The fourth-order valence-corrected chi connectivity index (χ4v) is 1.31. The van der Waals surface area contributed by atoms with Crippen molar-refractivity contribution in [2.75, 3.05) is 0 Å². The fourth-order valence-electron chi connectivity index (χ4n) is 1.31. The second-order valence-electron chi connectivity index (χ2n) is 3.46. The van der Waals surface area contributed by atoms with Gasteiger partial charge in [-0.3, -0.25) is 0 Å². The smallest absolute Gasteiger partial charge is 0.0621 e. The molecule has 0 N–H and O–H groups in total. The number of unbranched alkanes of at least 4 members (excludes halogenated alkanes) is 1. The Morgan fingerprint density at radius 1 is 1.25 bits per heavy atom. The molecule has 0 saturated carbocycles. The molecule has 0 aliphatic rings. The Morgan fingerprint density at radius 2 is 1.94 bits per heavy atom. The van der Waals surface area contributed by atoms with Gasteiger partial charge in [0.2, 0.25) is 0 Å². The fraction of sp³-hybridized carbons (Fsp3) is 0.400. The predicted octanol–water partition coefficient (Wildman–Crippen LogP) is 4.59. The zero-order valence-electron chi connectivity index (χ0n) is 10.5. The van der Waals surface area contributed by atoms with Crippen LogP contribution in [0.25, 0.3) is 6.08 Å². The molecule has 0 atom stereocenters. The monoisotopic (exact) mass is 215 g/mol. The van der Waals surface area contributed by atoms with Crippen LogP contribution in [0.2, 0.25) is 0 Å². The molecule has 0 fully saturated rings. The van der Waals surface area contributed by atoms with Crippen LogP contribution >= 0.6 is 0 Å². The molecule has 1 aromatic carbocycles. The summed E-state index contributed by atoms with van der Waals surface area (Å²) in [5.74, 6) is 0. The topological polar surface area (TPSA) is 23.8 Å². The maximum Gasteiger partial charge on any atom is 0.0621 e. The number of hydrogen-bond acceptors (Lipinski definition) is 1. The van der Waals surface area contributed by atoms with E-state index < -0.39 is 0 Å². The number of benzene rings is 1. The second-order valence-corrected chi connectivity index (χ2v) is 3.46. The van der Waals surface area contributed by atoms with E-state index in [1.54, 1.807) is 0 Å². The van der Waals surface area contributed by atoms with Crippen LogP contribution in [-0.2, 0) is 6.42 Å². The van der Waals surface area contributed by atoms with E-state index in [-0.39, 0.29) is 0 Å². The third-order valence-corrected chi connectivity index (χ3v) is 2.14. The zero-order chi connectivity index (χ0) is 12.2. The molecular weight excluding hydrogens is 194 g/mol. The first kappa shape index (κ1) is 14.5. The Kier molecular flexibility index (Phi) is 9.02. The molecule has 0 bridgehead atoms. The summed E-state index contributed by atoms with van der Waals surface area (Å²) in [6, 6.07) is 10.5. The third-order valence-electron chi connectivity index (χ3n) is 2.14. The van der Waals surface area contributed by atoms with Crippen LogP contribution in [0.4, 0.5) is 0 Å². The van der Waals surface area contributed by atoms with Crippen LogP contribution in [0.5, 0.6) is 0 Å². The number of rotatable bonds is 3. The van der Waals surface area contributed by atoms with Crippen molar-refractivity contribution in [2.24, 2.45) is 0 Å². The first-order valence-electron chi connectivity index (χ1n) is 5.87. The lowest BCUT2D eigenvalue weighted by Gasteiger charge is -2.00. The summed E-state index contributed by atoms with van der Waals surface area (Å²) in [5, 5.41) is 7.82. The molecule has 16 heavy (non-hydrogen) atoms. The minimum absolute atomic E-state index is 0.694. The van der Waals surface area contributed by atoms with E-state index >= 15 is 0 Å². The molecule has 0 radical (unpaired) electrons. The summed E-state index contributed by atoms with van der Waals surface area (Å²) < 4.78 is 0.